The summed E-state index contributed by atoms with van der Waals surface area (Å²) in [4.78, 5) is 30.0. The van der Waals surface area contributed by atoms with E-state index in [4.69, 9.17) is 10.5 Å². The fourth-order valence-electron chi connectivity index (χ4n) is 4.02. The number of nitrogens with one attached hydrogen (secondary N) is 2. The molecule has 0 saturated carbocycles. The number of carbonyl (C=O) groups excluding carboxylic acids is 2. The van der Waals surface area contributed by atoms with Gasteiger partial charge in [-0.1, -0.05) is 12.1 Å². The molecule has 3 heterocycles. The van der Waals surface area contributed by atoms with Crippen molar-refractivity contribution in [3.05, 3.63) is 66.1 Å². The van der Waals surface area contributed by atoms with Crippen molar-refractivity contribution in [1.82, 2.24) is 19.7 Å². The number of amides is 2. The maximum absolute atomic E-state index is 15.1. The average molecular weight is 510 g/mol. The molecule has 0 unspecified atom stereocenters. The van der Waals surface area contributed by atoms with Crippen molar-refractivity contribution in [1.29, 1.82) is 0 Å². The molecule has 0 spiro atoms. The highest BCUT2D eigenvalue weighted by Crippen LogP contribution is 2.26. The van der Waals surface area contributed by atoms with E-state index in [2.05, 4.69) is 20.7 Å². The first-order valence-electron chi connectivity index (χ1n) is 12.1. The molecule has 1 aromatic carbocycles. The molecule has 3 aromatic rings. The second kappa shape index (κ2) is 10.9. The fraction of sp³-hybridized carbons (Fsp3) is 0.385. The van der Waals surface area contributed by atoms with Crippen LogP contribution < -0.4 is 16.4 Å². The van der Waals surface area contributed by atoms with E-state index in [1.807, 2.05) is 41.2 Å². The number of piperidine rings is 1. The van der Waals surface area contributed by atoms with Crippen LogP contribution in [-0.4, -0.2) is 62.6 Å². The lowest BCUT2D eigenvalue weighted by atomic mass is 10.0. The van der Waals surface area contributed by atoms with Crippen LogP contribution >= 0.6 is 0 Å². The maximum atomic E-state index is 15.1. The number of aromatic nitrogens is 3. The molecule has 2 aromatic heterocycles. The Morgan fingerprint density at radius 2 is 2.00 bits per heavy atom. The topological polar surface area (TPSA) is 127 Å². The molecule has 196 valence electrons. The summed E-state index contributed by atoms with van der Waals surface area (Å²) in [6, 6.07) is 10.7. The van der Waals surface area contributed by atoms with Gasteiger partial charge in [0.1, 0.15) is 17.6 Å². The van der Waals surface area contributed by atoms with Crippen LogP contribution in [0.2, 0.25) is 0 Å². The minimum Gasteiger partial charge on any atom is -0.444 e. The molecule has 1 aliphatic heterocycles. The van der Waals surface area contributed by atoms with Crippen molar-refractivity contribution in [3.8, 4) is 0 Å². The number of alkyl halides is 1. The Morgan fingerprint density at radius 3 is 2.62 bits per heavy atom. The summed E-state index contributed by atoms with van der Waals surface area (Å²) in [5.41, 5.74) is 7.29. The van der Waals surface area contributed by atoms with E-state index in [9.17, 15) is 9.59 Å². The molecular formula is C26H32FN7O3. The van der Waals surface area contributed by atoms with E-state index in [0.29, 0.717) is 31.0 Å². The molecule has 2 amide bonds. The zero-order chi connectivity index (χ0) is 26.6. The van der Waals surface area contributed by atoms with Gasteiger partial charge in [-0.05, 0) is 51.0 Å². The van der Waals surface area contributed by atoms with Gasteiger partial charge in [0.05, 0.1) is 30.4 Å². The number of anilines is 3. The zero-order valence-electron chi connectivity index (χ0n) is 21.1. The number of likely N-dealkylation sites (tertiary alicyclic amines) is 1. The van der Waals surface area contributed by atoms with Gasteiger partial charge in [-0.2, -0.15) is 5.10 Å². The van der Waals surface area contributed by atoms with E-state index in [-0.39, 0.29) is 12.1 Å². The van der Waals surface area contributed by atoms with Gasteiger partial charge in [0, 0.05) is 36.9 Å². The molecule has 4 rings (SSSR count). The van der Waals surface area contributed by atoms with Crippen molar-refractivity contribution in [2.24, 2.45) is 5.73 Å². The van der Waals surface area contributed by atoms with Crippen LogP contribution in [0.3, 0.4) is 0 Å². The molecule has 10 nitrogen and oxygen atoms in total. The Hall–Kier alpha value is -4.15. The molecule has 11 heteroatoms. The van der Waals surface area contributed by atoms with E-state index < -0.39 is 29.8 Å². The van der Waals surface area contributed by atoms with Crippen molar-refractivity contribution in [3.63, 3.8) is 0 Å². The van der Waals surface area contributed by atoms with E-state index in [1.165, 1.54) is 11.1 Å². The average Bonchev–Trinajstić information content (AvgIpc) is 3.33. The van der Waals surface area contributed by atoms with Gasteiger partial charge in [-0.15, -0.1) is 0 Å². The SMILES string of the molecule is CC(C)(C)OC(=O)N1CC[C@@H](Nc2cc(Nc3ccc(Cn4cccn4)cc3)ncc2C(N)=O)[C@@H](F)C1. The van der Waals surface area contributed by atoms with Gasteiger partial charge in [0.25, 0.3) is 5.91 Å². The first-order valence-corrected chi connectivity index (χ1v) is 12.1. The number of primary amides is 1. The van der Waals surface area contributed by atoms with Crippen LogP contribution in [0, 0.1) is 0 Å². The van der Waals surface area contributed by atoms with Crippen LogP contribution in [0.4, 0.5) is 26.4 Å². The lowest BCUT2D eigenvalue weighted by Crippen LogP contribution is -2.51. The summed E-state index contributed by atoms with van der Waals surface area (Å²) in [7, 11) is 0. The second-order valence-corrected chi connectivity index (χ2v) is 9.99. The summed E-state index contributed by atoms with van der Waals surface area (Å²) in [5, 5.41) is 10.5. The monoisotopic (exact) mass is 509 g/mol. The number of rotatable bonds is 7. The van der Waals surface area contributed by atoms with E-state index >= 15 is 4.39 Å². The van der Waals surface area contributed by atoms with Gasteiger partial charge >= 0.3 is 6.09 Å². The third kappa shape index (κ3) is 6.96. The summed E-state index contributed by atoms with van der Waals surface area (Å²) in [6.45, 7) is 6.16. The zero-order valence-corrected chi connectivity index (χ0v) is 21.1. The normalized spacial score (nSPS) is 17.8. The maximum Gasteiger partial charge on any atom is 0.410 e. The molecule has 0 aliphatic carbocycles. The number of carbonyl (C=O) groups is 2. The first-order chi connectivity index (χ1) is 17.6. The molecule has 1 fully saturated rings. The van der Waals surface area contributed by atoms with Crippen LogP contribution in [0.5, 0.6) is 0 Å². The number of pyridine rings is 1. The van der Waals surface area contributed by atoms with Crippen LogP contribution in [-0.2, 0) is 11.3 Å². The Bertz CT molecular complexity index is 1230. The predicted octanol–water partition coefficient (Wildman–Crippen LogP) is 3.93. The van der Waals surface area contributed by atoms with E-state index in [1.54, 1.807) is 33.0 Å². The lowest BCUT2D eigenvalue weighted by molar-refractivity contribution is 0.0125. The predicted molar refractivity (Wildman–Crippen MR) is 139 cm³/mol. The van der Waals surface area contributed by atoms with Crippen molar-refractivity contribution >= 4 is 29.2 Å². The number of ether oxygens (including phenoxy) is 1. The largest absolute Gasteiger partial charge is 0.444 e. The Morgan fingerprint density at radius 1 is 1.24 bits per heavy atom. The van der Waals surface area contributed by atoms with Crippen molar-refractivity contribution < 1.29 is 18.7 Å². The molecule has 4 N–H and O–H groups in total. The number of hydrogen-bond donors (Lipinski definition) is 3. The summed E-state index contributed by atoms with van der Waals surface area (Å²) < 4.78 is 22.3. The standard InChI is InChI=1S/C26H32FN7O3/c1-26(2,3)37-25(36)33-12-9-21(20(27)16-33)32-22-13-23(29-14-19(22)24(28)35)31-18-7-5-17(6-8-18)15-34-11-4-10-30-34/h4-8,10-11,13-14,20-21H,9,12,15-16H2,1-3H3,(H2,28,35)(H2,29,31,32)/t20-,21+/m0/s1. The number of nitrogens with zero attached hydrogens (tertiary/aromatic N) is 4. The lowest BCUT2D eigenvalue weighted by Gasteiger charge is -2.36. The van der Waals surface area contributed by atoms with Gasteiger partial charge in [0.15, 0.2) is 0 Å². The quantitative estimate of drug-likeness (QED) is 0.440. The molecule has 37 heavy (non-hydrogen) atoms. The van der Waals surface area contributed by atoms with Crippen LogP contribution in [0.15, 0.2) is 55.0 Å². The minimum atomic E-state index is -1.37. The van der Waals surface area contributed by atoms with Crippen LogP contribution in [0.1, 0.15) is 43.1 Å². The molecule has 1 saturated heterocycles. The number of hydrogen-bond acceptors (Lipinski definition) is 7. The number of benzene rings is 1. The highest BCUT2D eigenvalue weighted by atomic mass is 19.1. The molecule has 0 bridgehead atoms. The van der Waals surface area contributed by atoms with Crippen molar-refractivity contribution in [2.75, 3.05) is 23.7 Å². The first kappa shape index (κ1) is 25.9. The van der Waals surface area contributed by atoms with Gasteiger partial charge in [-0.25, -0.2) is 14.2 Å². The van der Waals surface area contributed by atoms with Crippen molar-refractivity contribution in [2.45, 2.75) is 51.6 Å². The fourth-order valence-corrected chi connectivity index (χ4v) is 4.02. The summed E-state index contributed by atoms with van der Waals surface area (Å²) in [6.07, 6.45) is 3.42. The van der Waals surface area contributed by atoms with Gasteiger partial charge < -0.3 is 26.0 Å². The van der Waals surface area contributed by atoms with Crippen LogP contribution in [0.25, 0.3) is 0 Å². The number of nitrogens with two attached hydrogens (primary N) is 1. The Labute approximate surface area is 215 Å². The summed E-state index contributed by atoms with van der Waals surface area (Å²) >= 11 is 0. The third-order valence-electron chi connectivity index (χ3n) is 5.83. The summed E-state index contributed by atoms with van der Waals surface area (Å²) in [5.74, 6) is -0.208. The Balaban J connectivity index is 1.42. The molecule has 1 aliphatic rings. The minimum absolute atomic E-state index is 0.112. The molecular weight excluding hydrogens is 477 g/mol. The highest BCUT2D eigenvalue weighted by Gasteiger charge is 2.34. The molecule has 2 atom stereocenters. The van der Waals surface area contributed by atoms with Gasteiger partial charge in [-0.3, -0.25) is 9.48 Å². The number of halogens is 1. The Kier molecular flexibility index (Phi) is 7.61. The van der Waals surface area contributed by atoms with E-state index in [0.717, 1.165) is 11.3 Å². The molecule has 0 radical (unpaired) electrons. The smallest absolute Gasteiger partial charge is 0.410 e. The highest BCUT2D eigenvalue weighted by molar-refractivity contribution is 5.98. The third-order valence-corrected chi connectivity index (χ3v) is 5.83. The van der Waals surface area contributed by atoms with Gasteiger partial charge in [0.2, 0.25) is 0 Å². The second-order valence-electron chi connectivity index (χ2n) is 9.99.